The highest BCUT2D eigenvalue weighted by atomic mass is 16.4. The molecule has 0 aromatic heterocycles. The number of hydrogen-bond donors (Lipinski definition) is 4. The van der Waals surface area contributed by atoms with Crippen molar-refractivity contribution in [2.45, 2.75) is 25.8 Å². The lowest BCUT2D eigenvalue weighted by atomic mass is 10.2. The minimum atomic E-state index is -0.931. The molecule has 6 nitrogen and oxygen atoms in total. The first-order valence-electron chi connectivity index (χ1n) is 4.52. The minimum Gasteiger partial charge on any atom is -0.481 e. The Labute approximate surface area is 82.9 Å². The van der Waals surface area contributed by atoms with Gasteiger partial charge in [-0.1, -0.05) is 0 Å². The number of carbonyl (C=O) groups excluding carboxylic acids is 1. The van der Waals surface area contributed by atoms with Gasteiger partial charge in [0.05, 0.1) is 6.42 Å². The number of carboxylic acid groups (broad SMARTS) is 1. The van der Waals surface area contributed by atoms with Crippen LogP contribution in [0.4, 0.5) is 4.79 Å². The zero-order chi connectivity index (χ0) is 11.0. The van der Waals surface area contributed by atoms with Crippen molar-refractivity contribution in [2.24, 2.45) is 5.73 Å². The topological polar surface area (TPSA) is 104 Å². The number of urea groups is 1. The van der Waals surface area contributed by atoms with Gasteiger partial charge in [0.15, 0.2) is 0 Å². The summed E-state index contributed by atoms with van der Waals surface area (Å²) in [5.41, 5.74) is 5.23. The SMILES string of the molecule is CC(CC(=O)O)NC(=O)NCCCN. The number of hydrogen-bond acceptors (Lipinski definition) is 3. The molecule has 0 aromatic rings. The van der Waals surface area contributed by atoms with Crippen LogP contribution in [-0.4, -0.2) is 36.2 Å². The molecule has 2 amide bonds. The predicted octanol–water partition coefficient (Wildman–Crippen LogP) is -0.502. The normalized spacial score (nSPS) is 11.9. The Morgan fingerprint density at radius 2 is 2.14 bits per heavy atom. The first-order chi connectivity index (χ1) is 6.56. The quantitative estimate of drug-likeness (QED) is 0.437. The summed E-state index contributed by atoms with van der Waals surface area (Å²) in [4.78, 5) is 21.3. The molecule has 0 fully saturated rings. The van der Waals surface area contributed by atoms with Crippen molar-refractivity contribution < 1.29 is 14.7 Å². The van der Waals surface area contributed by atoms with Crippen LogP contribution >= 0.6 is 0 Å². The molecule has 1 atom stereocenters. The maximum absolute atomic E-state index is 11.1. The van der Waals surface area contributed by atoms with E-state index in [0.717, 1.165) is 0 Å². The number of rotatable bonds is 6. The number of carbonyl (C=O) groups is 2. The van der Waals surface area contributed by atoms with Crippen LogP contribution in [0, 0.1) is 0 Å². The van der Waals surface area contributed by atoms with E-state index in [1.807, 2.05) is 0 Å². The molecule has 14 heavy (non-hydrogen) atoms. The van der Waals surface area contributed by atoms with Gasteiger partial charge < -0.3 is 21.5 Å². The number of amides is 2. The van der Waals surface area contributed by atoms with Crippen LogP contribution < -0.4 is 16.4 Å². The van der Waals surface area contributed by atoms with Gasteiger partial charge in [0.2, 0.25) is 0 Å². The molecule has 0 radical (unpaired) electrons. The van der Waals surface area contributed by atoms with Gasteiger partial charge in [0.25, 0.3) is 0 Å². The van der Waals surface area contributed by atoms with E-state index in [2.05, 4.69) is 10.6 Å². The molecule has 0 aliphatic heterocycles. The molecule has 82 valence electrons. The van der Waals surface area contributed by atoms with Gasteiger partial charge in [0, 0.05) is 12.6 Å². The average molecular weight is 203 g/mol. The molecule has 0 aromatic carbocycles. The lowest BCUT2D eigenvalue weighted by Crippen LogP contribution is -2.42. The molecule has 5 N–H and O–H groups in total. The Bertz CT molecular complexity index is 196. The highest BCUT2D eigenvalue weighted by Crippen LogP contribution is 1.89. The molecule has 0 spiro atoms. The first-order valence-corrected chi connectivity index (χ1v) is 4.52. The molecule has 1 unspecified atom stereocenters. The summed E-state index contributed by atoms with van der Waals surface area (Å²) >= 11 is 0. The smallest absolute Gasteiger partial charge is 0.315 e. The van der Waals surface area contributed by atoms with E-state index < -0.39 is 5.97 Å². The molecule has 0 saturated heterocycles. The van der Waals surface area contributed by atoms with Gasteiger partial charge in [-0.25, -0.2) is 4.79 Å². The van der Waals surface area contributed by atoms with Gasteiger partial charge in [0.1, 0.15) is 0 Å². The summed E-state index contributed by atoms with van der Waals surface area (Å²) in [7, 11) is 0. The van der Waals surface area contributed by atoms with E-state index in [-0.39, 0.29) is 18.5 Å². The van der Waals surface area contributed by atoms with E-state index in [0.29, 0.717) is 19.5 Å². The third-order valence-electron chi connectivity index (χ3n) is 1.52. The van der Waals surface area contributed by atoms with E-state index in [9.17, 15) is 9.59 Å². The van der Waals surface area contributed by atoms with E-state index >= 15 is 0 Å². The second kappa shape index (κ2) is 7.14. The second-order valence-corrected chi connectivity index (χ2v) is 3.04. The predicted molar refractivity (Wildman–Crippen MR) is 51.9 cm³/mol. The number of nitrogens with two attached hydrogens (primary N) is 1. The van der Waals surface area contributed by atoms with Crippen LogP contribution in [0.5, 0.6) is 0 Å². The molecule has 0 heterocycles. The molecule has 0 aliphatic rings. The largest absolute Gasteiger partial charge is 0.481 e. The lowest BCUT2D eigenvalue weighted by molar-refractivity contribution is -0.137. The van der Waals surface area contributed by atoms with E-state index in [1.54, 1.807) is 6.92 Å². The van der Waals surface area contributed by atoms with Crippen molar-refractivity contribution in [1.82, 2.24) is 10.6 Å². The fourth-order valence-electron chi connectivity index (χ4n) is 0.892. The summed E-state index contributed by atoms with van der Waals surface area (Å²) in [6, 6.07) is -0.724. The zero-order valence-electron chi connectivity index (χ0n) is 8.25. The summed E-state index contributed by atoms with van der Waals surface area (Å²) in [5.74, 6) is -0.931. The van der Waals surface area contributed by atoms with E-state index in [1.165, 1.54) is 0 Å². The number of carboxylic acids is 1. The van der Waals surface area contributed by atoms with E-state index in [4.69, 9.17) is 10.8 Å². The van der Waals surface area contributed by atoms with Crippen molar-refractivity contribution in [3.63, 3.8) is 0 Å². The lowest BCUT2D eigenvalue weighted by Gasteiger charge is -2.12. The second-order valence-electron chi connectivity index (χ2n) is 3.04. The molecule has 0 rings (SSSR count). The Balaban J connectivity index is 3.55. The van der Waals surface area contributed by atoms with Gasteiger partial charge in [-0.05, 0) is 19.9 Å². The first kappa shape index (κ1) is 12.7. The van der Waals surface area contributed by atoms with Crippen LogP contribution in [-0.2, 0) is 4.79 Å². The van der Waals surface area contributed by atoms with Gasteiger partial charge in [-0.15, -0.1) is 0 Å². The maximum Gasteiger partial charge on any atom is 0.315 e. The van der Waals surface area contributed by atoms with Crippen molar-refractivity contribution in [1.29, 1.82) is 0 Å². The van der Waals surface area contributed by atoms with Gasteiger partial charge >= 0.3 is 12.0 Å². The van der Waals surface area contributed by atoms with Crippen molar-refractivity contribution >= 4 is 12.0 Å². The Kier molecular flexibility index (Phi) is 6.47. The fourth-order valence-corrected chi connectivity index (χ4v) is 0.892. The third-order valence-corrected chi connectivity index (χ3v) is 1.52. The van der Waals surface area contributed by atoms with Crippen molar-refractivity contribution in [2.75, 3.05) is 13.1 Å². The molecular formula is C8H17N3O3. The highest BCUT2D eigenvalue weighted by molar-refractivity contribution is 5.75. The average Bonchev–Trinajstić information content (AvgIpc) is 2.02. The Hall–Kier alpha value is -1.30. The number of aliphatic carboxylic acids is 1. The molecule has 0 saturated carbocycles. The van der Waals surface area contributed by atoms with Crippen molar-refractivity contribution in [3.05, 3.63) is 0 Å². The van der Waals surface area contributed by atoms with Crippen LogP contribution in [0.2, 0.25) is 0 Å². The van der Waals surface area contributed by atoms with Gasteiger partial charge in [-0.2, -0.15) is 0 Å². The Morgan fingerprint density at radius 3 is 2.64 bits per heavy atom. The molecule has 0 aliphatic carbocycles. The highest BCUT2D eigenvalue weighted by Gasteiger charge is 2.09. The molecular weight excluding hydrogens is 186 g/mol. The Morgan fingerprint density at radius 1 is 1.50 bits per heavy atom. The summed E-state index contributed by atoms with van der Waals surface area (Å²) in [6.07, 6.45) is 0.630. The molecule has 0 bridgehead atoms. The maximum atomic E-state index is 11.1. The fraction of sp³-hybridized carbons (Fsp3) is 0.750. The standard InChI is InChI=1S/C8H17N3O3/c1-6(5-7(12)13)11-8(14)10-4-2-3-9/h6H,2-5,9H2,1H3,(H,12,13)(H2,10,11,14). The summed E-state index contributed by atoms with van der Waals surface area (Å²) in [6.45, 7) is 2.66. The summed E-state index contributed by atoms with van der Waals surface area (Å²) in [5, 5.41) is 13.5. The summed E-state index contributed by atoms with van der Waals surface area (Å²) < 4.78 is 0. The van der Waals surface area contributed by atoms with Crippen LogP contribution in [0.25, 0.3) is 0 Å². The van der Waals surface area contributed by atoms with Crippen LogP contribution in [0.15, 0.2) is 0 Å². The van der Waals surface area contributed by atoms with Crippen LogP contribution in [0.1, 0.15) is 19.8 Å². The van der Waals surface area contributed by atoms with Crippen LogP contribution in [0.3, 0.4) is 0 Å². The van der Waals surface area contributed by atoms with Gasteiger partial charge in [-0.3, -0.25) is 4.79 Å². The minimum absolute atomic E-state index is 0.0791. The van der Waals surface area contributed by atoms with Crippen molar-refractivity contribution in [3.8, 4) is 0 Å². The zero-order valence-corrected chi connectivity index (χ0v) is 8.25. The third kappa shape index (κ3) is 7.35. The number of nitrogens with one attached hydrogen (secondary N) is 2. The molecule has 6 heteroatoms. The monoisotopic (exact) mass is 203 g/mol.